The number of carbonyl (C=O) groups is 2. The van der Waals surface area contributed by atoms with Crippen molar-refractivity contribution in [2.45, 2.75) is 13.2 Å². The van der Waals surface area contributed by atoms with Crippen LogP contribution in [0.25, 0.3) is 16.8 Å². The minimum Gasteiger partial charge on any atom is -0.493 e. The first kappa shape index (κ1) is 24.4. The van der Waals surface area contributed by atoms with Gasteiger partial charge >= 0.3 is 0 Å². The minimum absolute atomic E-state index is 0.253. The molecule has 0 N–H and O–H groups in total. The standard InChI is InChI=1S/C29H22INO4S/c1-34-26-15-20(11-14-25(26)35-18-22-7-4-6-21-5-2-3-8-24(21)22)16-27-28(32)31(29(33)36-27)17-19-9-12-23(30)13-10-19/h2-16H,17-18H2,1H3/b27-16-. The molecule has 0 atom stereocenters. The van der Waals surface area contributed by atoms with Crippen LogP contribution in [0.2, 0.25) is 0 Å². The van der Waals surface area contributed by atoms with Crippen molar-refractivity contribution in [1.82, 2.24) is 4.90 Å². The highest BCUT2D eigenvalue weighted by Gasteiger charge is 2.35. The molecule has 4 aromatic rings. The maximum atomic E-state index is 12.9. The zero-order valence-corrected chi connectivity index (χ0v) is 22.4. The second-order valence-electron chi connectivity index (χ2n) is 8.23. The Bertz CT molecular complexity index is 1480. The van der Waals surface area contributed by atoms with Gasteiger partial charge in [-0.1, -0.05) is 60.7 Å². The van der Waals surface area contributed by atoms with Crippen molar-refractivity contribution in [1.29, 1.82) is 0 Å². The Morgan fingerprint density at radius 1 is 0.917 bits per heavy atom. The smallest absolute Gasteiger partial charge is 0.293 e. The number of fused-ring (bicyclic) bond motifs is 1. The number of halogens is 1. The van der Waals surface area contributed by atoms with Crippen LogP contribution in [-0.4, -0.2) is 23.2 Å². The first-order valence-electron chi connectivity index (χ1n) is 11.3. The number of benzene rings is 4. The van der Waals surface area contributed by atoms with Crippen LogP contribution in [0.1, 0.15) is 16.7 Å². The molecule has 0 aliphatic carbocycles. The fourth-order valence-corrected chi connectivity index (χ4v) is 5.22. The predicted molar refractivity (Wildman–Crippen MR) is 152 cm³/mol. The molecule has 0 saturated carbocycles. The Morgan fingerprint density at radius 3 is 2.50 bits per heavy atom. The molecule has 1 saturated heterocycles. The Labute approximate surface area is 227 Å². The molecule has 180 valence electrons. The van der Waals surface area contributed by atoms with E-state index in [1.165, 1.54) is 4.90 Å². The lowest BCUT2D eigenvalue weighted by Gasteiger charge is -2.13. The molecular formula is C29H22INO4S. The molecule has 5 nitrogen and oxygen atoms in total. The highest BCUT2D eigenvalue weighted by atomic mass is 127. The SMILES string of the molecule is COc1cc(/C=C2\SC(=O)N(Cc3ccc(I)cc3)C2=O)ccc1OCc1cccc2ccccc12. The third-order valence-electron chi connectivity index (χ3n) is 5.88. The quantitative estimate of drug-likeness (QED) is 0.164. The summed E-state index contributed by atoms with van der Waals surface area (Å²) in [4.78, 5) is 27.1. The molecule has 0 aromatic heterocycles. The second-order valence-corrected chi connectivity index (χ2v) is 10.5. The Hall–Kier alpha value is -3.30. The van der Waals surface area contributed by atoms with Crippen molar-refractivity contribution in [2.24, 2.45) is 0 Å². The van der Waals surface area contributed by atoms with Gasteiger partial charge in [-0.2, -0.15) is 0 Å². The van der Waals surface area contributed by atoms with E-state index in [2.05, 4.69) is 46.9 Å². The largest absolute Gasteiger partial charge is 0.493 e. The van der Waals surface area contributed by atoms with E-state index in [-0.39, 0.29) is 17.7 Å². The number of thioether (sulfide) groups is 1. The van der Waals surface area contributed by atoms with Crippen molar-refractivity contribution >= 4 is 62.3 Å². The van der Waals surface area contributed by atoms with Crippen molar-refractivity contribution in [3.05, 3.63) is 110 Å². The van der Waals surface area contributed by atoms with Crippen LogP contribution in [-0.2, 0) is 17.9 Å². The van der Waals surface area contributed by atoms with Crippen LogP contribution in [0.4, 0.5) is 4.79 Å². The number of ether oxygens (including phenoxy) is 2. The van der Waals surface area contributed by atoms with Gasteiger partial charge < -0.3 is 9.47 Å². The Morgan fingerprint density at radius 2 is 1.69 bits per heavy atom. The molecule has 1 aliphatic heterocycles. The molecule has 0 unspecified atom stereocenters. The summed E-state index contributed by atoms with van der Waals surface area (Å²) in [6.07, 6.45) is 1.72. The minimum atomic E-state index is -0.293. The van der Waals surface area contributed by atoms with Gasteiger partial charge in [-0.25, -0.2) is 0 Å². The first-order chi connectivity index (χ1) is 17.5. The summed E-state index contributed by atoms with van der Waals surface area (Å²) < 4.78 is 12.8. The van der Waals surface area contributed by atoms with Gasteiger partial charge in [-0.3, -0.25) is 14.5 Å². The zero-order valence-electron chi connectivity index (χ0n) is 19.4. The fourth-order valence-electron chi connectivity index (χ4n) is 4.03. The van der Waals surface area contributed by atoms with Crippen LogP contribution in [0, 0.1) is 3.57 Å². The van der Waals surface area contributed by atoms with E-state index in [9.17, 15) is 9.59 Å². The van der Waals surface area contributed by atoms with Gasteiger partial charge in [0, 0.05) is 3.57 Å². The molecule has 36 heavy (non-hydrogen) atoms. The summed E-state index contributed by atoms with van der Waals surface area (Å²) in [5, 5.41) is 2.04. The number of methoxy groups -OCH3 is 1. The van der Waals surface area contributed by atoms with Crippen molar-refractivity contribution in [2.75, 3.05) is 7.11 Å². The average molecular weight is 607 g/mol. The van der Waals surface area contributed by atoms with E-state index in [1.54, 1.807) is 13.2 Å². The van der Waals surface area contributed by atoms with Gasteiger partial charge in [0.2, 0.25) is 0 Å². The van der Waals surface area contributed by atoms with Crippen molar-refractivity contribution in [3.8, 4) is 11.5 Å². The molecule has 1 aliphatic rings. The molecule has 0 bridgehead atoms. The van der Waals surface area contributed by atoms with Crippen LogP contribution in [0.3, 0.4) is 0 Å². The number of rotatable bonds is 7. The number of amides is 2. The summed E-state index contributed by atoms with van der Waals surface area (Å²) in [5.41, 5.74) is 2.75. The van der Waals surface area contributed by atoms with Crippen LogP contribution in [0.5, 0.6) is 11.5 Å². The molecule has 1 heterocycles. The number of carbonyl (C=O) groups excluding carboxylic acids is 2. The maximum Gasteiger partial charge on any atom is 0.293 e. The third kappa shape index (κ3) is 5.27. The van der Waals surface area contributed by atoms with E-state index in [0.29, 0.717) is 23.0 Å². The number of nitrogens with zero attached hydrogens (tertiary/aromatic N) is 1. The lowest BCUT2D eigenvalue weighted by molar-refractivity contribution is -0.123. The lowest BCUT2D eigenvalue weighted by atomic mass is 10.1. The Balaban J connectivity index is 1.32. The van der Waals surface area contributed by atoms with E-state index in [1.807, 2.05) is 60.7 Å². The summed E-state index contributed by atoms with van der Waals surface area (Å²) in [6.45, 7) is 0.650. The normalized spacial score (nSPS) is 14.6. The highest BCUT2D eigenvalue weighted by molar-refractivity contribution is 14.1. The molecule has 0 spiro atoms. The van der Waals surface area contributed by atoms with Crippen molar-refractivity contribution in [3.63, 3.8) is 0 Å². The van der Waals surface area contributed by atoms with Crippen molar-refractivity contribution < 1.29 is 19.1 Å². The van der Waals surface area contributed by atoms with Crippen LogP contribution in [0.15, 0.2) is 89.8 Å². The first-order valence-corrected chi connectivity index (χ1v) is 13.2. The summed E-state index contributed by atoms with van der Waals surface area (Å²) in [5.74, 6) is 0.871. The molecule has 5 rings (SSSR count). The zero-order chi connectivity index (χ0) is 25.1. The average Bonchev–Trinajstić information content (AvgIpc) is 3.16. The molecule has 1 fully saturated rings. The second kappa shape index (κ2) is 10.8. The third-order valence-corrected chi connectivity index (χ3v) is 7.50. The molecule has 0 radical (unpaired) electrons. The van der Waals surface area contributed by atoms with Crippen LogP contribution < -0.4 is 9.47 Å². The van der Waals surface area contributed by atoms with E-state index in [4.69, 9.17) is 9.47 Å². The van der Waals surface area contributed by atoms with Gasteiger partial charge in [-0.15, -0.1) is 0 Å². The molecule has 7 heteroatoms. The van der Waals surface area contributed by atoms with E-state index in [0.717, 1.165) is 42.8 Å². The monoisotopic (exact) mass is 607 g/mol. The fraction of sp³-hybridized carbons (Fsp3) is 0.103. The Kier molecular flexibility index (Phi) is 7.29. The highest BCUT2D eigenvalue weighted by Crippen LogP contribution is 2.35. The van der Waals surface area contributed by atoms with E-state index >= 15 is 0 Å². The van der Waals surface area contributed by atoms with Crippen LogP contribution >= 0.6 is 34.4 Å². The molecule has 2 amide bonds. The topological polar surface area (TPSA) is 55.8 Å². The number of imide groups is 1. The van der Waals surface area contributed by atoms with Gasteiger partial charge in [-0.05, 0) is 92.2 Å². The summed E-state index contributed by atoms with van der Waals surface area (Å²) in [7, 11) is 1.58. The lowest BCUT2D eigenvalue weighted by Crippen LogP contribution is -2.27. The summed E-state index contributed by atoms with van der Waals surface area (Å²) >= 11 is 3.17. The van der Waals surface area contributed by atoms with Gasteiger partial charge in [0.25, 0.3) is 11.1 Å². The molecular weight excluding hydrogens is 585 g/mol. The maximum absolute atomic E-state index is 12.9. The van der Waals surface area contributed by atoms with Gasteiger partial charge in [0.05, 0.1) is 18.6 Å². The summed E-state index contributed by atoms with van der Waals surface area (Å²) in [6, 6.07) is 27.6. The number of hydrogen-bond donors (Lipinski definition) is 0. The van der Waals surface area contributed by atoms with Gasteiger partial charge in [0.15, 0.2) is 11.5 Å². The number of hydrogen-bond acceptors (Lipinski definition) is 5. The molecule has 4 aromatic carbocycles. The van der Waals surface area contributed by atoms with Gasteiger partial charge in [0.1, 0.15) is 6.61 Å². The van der Waals surface area contributed by atoms with E-state index < -0.39 is 0 Å². The predicted octanol–water partition coefficient (Wildman–Crippen LogP) is 7.27.